The minimum Gasteiger partial charge on any atom is -0.465 e. The molecule has 80 valence electrons. The zero-order valence-corrected chi connectivity index (χ0v) is 9.24. The maximum absolute atomic E-state index is 10.7. The summed E-state index contributed by atoms with van der Waals surface area (Å²) in [6, 6.07) is 2.89. The molecule has 1 amide bonds. The zero-order chi connectivity index (χ0) is 11.6. The van der Waals surface area contributed by atoms with Gasteiger partial charge in [0.1, 0.15) is 5.69 Å². The van der Waals surface area contributed by atoms with Gasteiger partial charge in [0.2, 0.25) is 0 Å². The van der Waals surface area contributed by atoms with Gasteiger partial charge in [-0.3, -0.25) is 15.4 Å². The highest BCUT2D eigenvalue weighted by Gasteiger charge is 2.20. The average molecular weight is 275 g/mol. The Bertz CT molecular complexity index is 433. The van der Waals surface area contributed by atoms with Gasteiger partial charge in [-0.1, -0.05) is 15.9 Å². The van der Waals surface area contributed by atoms with E-state index in [1.165, 1.54) is 13.0 Å². The summed E-state index contributed by atoms with van der Waals surface area (Å²) < 4.78 is 0.560. The van der Waals surface area contributed by atoms with Crippen molar-refractivity contribution in [2.75, 3.05) is 5.32 Å². The van der Waals surface area contributed by atoms with E-state index in [-0.39, 0.29) is 11.4 Å². The van der Waals surface area contributed by atoms with E-state index >= 15 is 0 Å². The van der Waals surface area contributed by atoms with Crippen LogP contribution in [0.2, 0.25) is 0 Å². The van der Waals surface area contributed by atoms with Crippen LogP contribution in [0, 0.1) is 17.0 Å². The van der Waals surface area contributed by atoms with Crippen molar-refractivity contribution in [3.63, 3.8) is 0 Å². The molecular formula is C8H7BrN2O4. The summed E-state index contributed by atoms with van der Waals surface area (Å²) in [5, 5.41) is 21.2. The predicted molar refractivity (Wildman–Crippen MR) is 57.2 cm³/mol. The van der Waals surface area contributed by atoms with E-state index in [0.717, 1.165) is 0 Å². The Morgan fingerprint density at radius 3 is 2.67 bits per heavy atom. The molecule has 0 fully saturated rings. The number of anilines is 1. The number of nitro groups is 1. The van der Waals surface area contributed by atoms with Gasteiger partial charge >= 0.3 is 6.09 Å². The smallest absolute Gasteiger partial charge is 0.409 e. The van der Waals surface area contributed by atoms with Crippen LogP contribution in [0.3, 0.4) is 0 Å². The van der Waals surface area contributed by atoms with Crippen LogP contribution in [0.5, 0.6) is 0 Å². The molecule has 0 saturated carbocycles. The molecule has 15 heavy (non-hydrogen) atoms. The predicted octanol–water partition coefficient (Wildman–Crippen LogP) is 2.76. The molecule has 0 atom stereocenters. The monoisotopic (exact) mass is 274 g/mol. The highest BCUT2D eigenvalue weighted by molar-refractivity contribution is 9.10. The minimum atomic E-state index is -1.33. The Kier molecular flexibility index (Phi) is 3.25. The van der Waals surface area contributed by atoms with Crippen molar-refractivity contribution < 1.29 is 14.8 Å². The van der Waals surface area contributed by atoms with E-state index < -0.39 is 11.0 Å². The third-order valence-electron chi connectivity index (χ3n) is 1.79. The van der Waals surface area contributed by atoms with Crippen molar-refractivity contribution in [2.45, 2.75) is 6.92 Å². The lowest BCUT2D eigenvalue weighted by Gasteiger charge is -2.05. The summed E-state index contributed by atoms with van der Waals surface area (Å²) >= 11 is 3.14. The van der Waals surface area contributed by atoms with Crippen molar-refractivity contribution in [2.24, 2.45) is 0 Å². The third-order valence-corrected chi connectivity index (χ3v) is 2.65. The molecule has 1 rings (SSSR count). The van der Waals surface area contributed by atoms with E-state index in [2.05, 4.69) is 15.9 Å². The molecule has 0 aliphatic carbocycles. The molecule has 0 aliphatic heterocycles. The molecule has 0 heterocycles. The molecule has 1 aromatic carbocycles. The molecule has 0 spiro atoms. The molecule has 0 aromatic heterocycles. The summed E-state index contributed by atoms with van der Waals surface area (Å²) in [5.74, 6) is 0. The second-order valence-electron chi connectivity index (χ2n) is 2.76. The first-order valence-electron chi connectivity index (χ1n) is 3.87. The highest BCUT2D eigenvalue weighted by atomic mass is 79.9. The van der Waals surface area contributed by atoms with Crippen LogP contribution in [-0.2, 0) is 0 Å². The number of carbonyl (C=O) groups is 1. The summed E-state index contributed by atoms with van der Waals surface area (Å²) in [7, 11) is 0. The molecule has 0 aliphatic rings. The van der Waals surface area contributed by atoms with Gasteiger partial charge in [0.25, 0.3) is 5.69 Å². The number of halogens is 1. The Labute approximate surface area is 93.2 Å². The molecule has 7 heteroatoms. The van der Waals surface area contributed by atoms with Crippen molar-refractivity contribution in [1.82, 2.24) is 0 Å². The van der Waals surface area contributed by atoms with Gasteiger partial charge in [0, 0.05) is 10.0 Å². The van der Waals surface area contributed by atoms with Crippen molar-refractivity contribution in [3.05, 3.63) is 32.3 Å². The first-order chi connectivity index (χ1) is 6.93. The molecule has 1 aromatic rings. The summed E-state index contributed by atoms with van der Waals surface area (Å²) in [5.41, 5.74) is 0.103. The third kappa shape index (κ3) is 2.44. The second-order valence-corrected chi connectivity index (χ2v) is 3.61. The van der Waals surface area contributed by atoms with Crippen LogP contribution >= 0.6 is 15.9 Å². The largest absolute Gasteiger partial charge is 0.465 e. The normalized spacial score (nSPS) is 9.73. The number of benzene rings is 1. The molecule has 0 bridgehead atoms. The number of amides is 1. The molecule has 0 unspecified atom stereocenters. The number of rotatable bonds is 2. The van der Waals surface area contributed by atoms with Crippen LogP contribution < -0.4 is 5.32 Å². The van der Waals surface area contributed by atoms with Crippen LogP contribution in [0.15, 0.2) is 16.6 Å². The van der Waals surface area contributed by atoms with Crippen molar-refractivity contribution in [1.29, 1.82) is 0 Å². The lowest BCUT2D eigenvalue weighted by atomic mass is 10.2. The van der Waals surface area contributed by atoms with Crippen molar-refractivity contribution >= 4 is 33.4 Å². The number of hydrogen-bond acceptors (Lipinski definition) is 3. The Morgan fingerprint density at radius 1 is 1.60 bits per heavy atom. The SMILES string of the molecule is Cc1c(Br)ccc(NC(=O)O)c1[N+](=O)[O-]. The van der Waals surface area contributed by atoms with Crippen LogP contribution in [0.25, 0.3) is 0 Å². The Balaban J connectivity index is 3.33. The van der Waals surface area contributed by atoms with Gasteiger partial charge in [0.05, 0.1) is 4.92 Å². The van der Waals surface area contributed by atoms with Crippen molar-refractivity contribution in [3.8, 4) is 0 Å². The lowest BCUT2D eigenvalue weighted by molar-refractivity contribution is -0.384. The summed E-state index contributed by atoms with van der Waals surface area (Å²) in [4.78, 5) is 20.5. The van der Waals surface area contributed by atoms with Gasteiger partial charge < -0.3 is 5.11 Å². The fourth-order valence-corrected chi connectivity index (χ4v) is 1.45. The minimum absolute atomic E-state index is 0.0341. The molecule has 2 N–H and O–H groups in total. The maximum Gasteiger partial charge on any atom is 0.409 e. The zero-order valence-electron chi connectivity index (χ0n) is 7.65. The van der Waals surface area contributed by atoms with Gasteiger partial charge in [-0.15, -0.1) is 0 Å². The topological polar surface area (TPSA) is 92.5 Å². The quantitative estimate of drug-likeness (QED) is 0.641. The molecule has 0 saturated heterocycles. The van der Waals surface area contributed by atoms with Crippen LogP contribution in [0.4, 0.5) is 16.2 Å². The van der Waals surface area contributed by atoms with Gasteiger partial charge in [0.15, 0.2) is 0 Å². The standard InChI is InChI=1S/C8H7BrN2O4/c1-4-5(9)2-3-6(10-8(12)13)7(4)11(14)15/h2-3,10H,1H3,(H,12,13). The number of carboxylic acid groups (broad SMARTS) is 1. The number of nitro benzene ring substituents is 1. The maximum atomic E-state index is 10.7. The van der Waals surface area contributed by atoms with Gasteiger partial charge in [-0.05, 0) is 19.1 Å². The van der Waals surface area contributed by atoms with Gasteiger partial charge in [-0.2, -0.15) is 0 Å². The second kappa shape index (κ2) is 4.26. The van der Waals surface area contributed by atoms with E-state index in [1.54, 1.807) is 6.07 Å². The fraction of sp³-hybridized carbons (Fsp3) is 0.125. The summed E-state index contributed by atoms with van der Waals surface area (Å²) in [6.07, 6.45) is -1.33. The summed E-state index contributed by atoms with van der Waals surface area (Å²) in [6.45, 7) is 1.54. The Morgan fingerprint density at radius 2 is 2.20 bits per heavy atom. The fourth-order valence-electron chi connectivity index (χ4n) is 1.13. The molecular weight excluding hydrogens is 268 g/mol. The number of nitrogens with one attached hydrogen (secondary N) is 1. The molecule has 6 nitrogen and oxygen atoms in total. The van der Waals surface area contributed by atoms with Gasteiger partial charge in [-0.25, -0.2) is 4.79 Å². The van der Waals surface area contributed by atoms with Crippen LogP contribution in [0.1, 0.15) is 5.56 Å². The average Bonchev–Trinajstić information content (AvgIpc) is 2.10. The number of hydrogen-bond donors (Lipinski definition) is 2. The first kappa shape index (κ1) is 11.4. The van der Waals surface area contributed by atoms with Crippen LogP contribution in [-0.4, -0.2) is 16.1 Å². The highest BCUT2D eigenvalue weighted by Crippen LogP contribution is 2.33. The first-order valence-corrected chi connectivity index (χ1v) is 4.66. The van der Waals surface area contributed by atoms with E-state index in [1.807, 2.05) is 5.32 Å². The number of nitrogens with zero attached hydrogens (tertiary/aromatic N) is 1. The van der Waals surface area contributed by atoms with E-state index in [4.69, 9.17) is 5.11 Å². The lowest BCUT2D eigenvalue weighted by Crippen LogP contribution is -2.10. The molecule has 0 radical (unpaired) electrons. The van der Waals surface area contributed by atoms with E-state index in [0.29, 0.717) is 10.0 Å². The Hall–Kier alpha value is -1.63. The van der Waals surface area contributed by atoms with E-state index in [9.17, 15) is 14.9 Å².